The molecule has 0 unspecified atom stereocenters. The van der Waals surface area contributed by atoms with Crippen LogP contribution in [0.2, 0.25) is 0 Å². The van der Waals surface area contributed by atoms with Crippen molar-refractivity contribution in [3.05, 3.63) is 30.0 Å². The van der Waals surface area contributed by atoms with Gasteiger partial charge in [-0.3, -0.25) is 9.69 Å². The lowest BCUT2D eigenvalue weighted by molar-refractivity contribution is -0.134. The standard InChI is InChI=1S/C19H26N4O3/c1-22-10-11-23(13-14(22)9-12-24)18(25)8-7-17-19(26-2)21-16-6-4-3-5-15(16)20-17/h3-6,14,24H,7-13H2,1-2H3/t14-/m1/s1. The van der Waals surface area contributed by atoms with E-state index in [0.29, 0.717) is 37.4 Å². The Hall–Kier alpha value is -2.25. The summed E-state index contributed by atoms with van der Waals surface area (Å²) in [4.78, 5) is 25.8. The number of ether oxygens (including phenoxy) is 1. The maximum atomic E-state index is 12.6. The number of aliphatic hydroxyl groups is 1. The van der Waals surface area contributed by atoms with Crippen LogP contribution in [0.4, 0.5) is 0 Å². The first-order valence-electron chi connectivity index (χ1n) is 9.01. The first-order valence-corrected chi connectivity index (χ1v) is 9.01. The number of hydrogen-bond acceptors (Lipinski definition) is 6. The van der Waals surface area contributed by atoms with Crippen LogP contribution in [0.3, 0.4) is 0 Å². The van der Waals surface area contributed by atoms with Crippen LogP contribution >= 0.6 is 0 Å². The van der Waals surface area contributed by atoms with Crippen LogP contribution < -0.4 is 4.74 Å². The number of hydrogen-bond donors (Lipinski definition) is 1. The quantitative estimate of drug-likeness (QED) is 0.833. The van der Waals surface area contributed by atoms with Crippen molar-refractivity contribution in [1.82, 2.24) is 19.8 Å². The van der Waals surface area contributed by atoms with E-state index >= 15 is 0 Å². The maximum Gasteiger partial charge on any atom is 0.235 e. The zero-order valence-corrected chi connectivity index (χ0v) is 15.4. The summed E-state index contributed by atoms with van der Waals surface area (Å²) in [6.07, 6.45) is 1.56. The molecule has 7 heteroatoms. The number of likely N-dealkylation sites (N-methyl/N-ethyl adjacent to an activating group) is 1. The lowest BCUT2D eigenvalue weighted by atomic mass is 10.1. The van der Waals surface area contributed by atoms with Gasteiger partial charge in [0.25, 0.3) is 0 Å². The highest BCUT2D eigenvalue weighted by Gasteiger charge is 2.26. The van der Waals surface area contributed by atoms with Gasteiger partial charge in [-0.1, -0.05) is 12.1 Å². The van der Waals surface area contributed by atoms with Crippen LogP contribution in [0.25, 0.3) is 11.0 Å². The summed E-state index contributed by atoms with van der Waals surface area (Å²) in [7, 11) is 3.61. The van der Waals surface area contributed by atoms with Crippen molar-refractivity contribution < 1.29 is 14.6 Å². The highest BCUT2D eigenvalue weighted by molar-refractivity contribution is 5.77. The van der Waals surface area contributed by atoms with Gasteiger partial charge in [0.1, 0.15) is 5.69 Å². The molecule has 0 aliphatic carbocycles. The molecule has 3 rings (SSSR count). The van der Waals surface area contributed by atoms with E-state index in [1.807, 2.05) is 36.2 Å². The molecule has 1 fully saturated rings. The van der Waals surface area contributed by atoms with Gasteiger partial charge in [0.15, 0.2) is 0 Å². The Bertz CT molecular complexity index is 768. The van der Waals surface area contributed by atoms with E-state index in [-0.39, 0.29) is 18.6 Å². The second kappa shape index (κ2) is 8.42. The maximum absolute atomic E-state index is 12.6. The van der Waals surface area contributed by atoms with E-state index in [1.165, 1.54) is 0 Å². The van der Waals surface area contributed by atoms with Crippen molar-refractivity contribution >= 4 is 16.9 Å². The van der Waals surface area contributed by atoms with Gasteiger partial charge in [-0.2, -0.15) is 0 Å². The Morgan fingerprint density at radius 2 is 2.00 bits per heavy atom. The summed E-state index contributed by atoms with van der Waals surface area (Å²) in [6.45, 7) is 2.35. The molecule has 1 aliphatic rings. The molecule has 0 radical (unpaired) electrons. The van der Waals surface area contributed by atoms with E-state index in [9.17, 15) is 9.90 Å². The number of aliphatic hydroxyl groups excluding tert-OH is 1. The minimum Gasteiger partial charge on any atom is -0.480 e. The molecule has 1 saturated heterocycles. The topological polar surface area (TPSA) is 78.8 Å². The van der Waals surface area contributed by atoms with Crippen LogP contribution in [-0.4, -0.2) is 77.2 Å². The predicted molar refractivity (Wildman–Crippen MR) is 99.1 cm³/mol. The second-order valence-electron chi connectivity index (χ2n) is 6.65. The zero-order chi connectivity index (χ0) is 18.5. The molecule has 140 valence electrons. The Morgan fingerprint density at radius 3 is 2.69 bits per heavy atom. The number of benzene rings is 1. The van der Waals surface area contributed by atoms with Gasteiger partial charge < -0.3 is 14.7 Å². The number of para-hydroxylation sites is 2. The molecule has 2 heterocycles. The molecule has 7 nitrogen and oxygen atoms in total. The number of amides is 1. The molecule has 1 amide bonds. The Morgan fingerprint density at radius 1 is 1.27 bits per heavy atom. The molecule has 26 heavy (non-hydrogen) atoms. The predicted octanol–water partition coefficient (Wildman–Crippen LogP) is 1.10. The summed E-state index contributed by atoms with van der Waals surface area (Å²) in [5.74, 6) is 0.589. The molecule has 0 spiro atoms. The van der Waals surface area contributed by atoms with E-state index in [4.69, 9.17) is 4.74 Å². The van der Waals surface area contributed by atoms with Crippen molar-refractivity contribution in [2.45, 2.75) is 25.3 Å². The van der Waals surface area contributed by atoms with Gasteiger partial charge in [0, 0.05) is 45.1 Å². The van der Waals surface area contributed by atoms with Gasteiger partial charge in [-0.05, 0) is 25.6 Å². The van der Waals surface area contributed by atoms with E-state index in [0.717, 1.165) is 24.1 Å². The van der Waals surface area contributed by atoms with Crippen molar-refractivity contribution in [1.29, 1.82) is 0 Å². The number of carbonyl (C=O) groups excluding carboxylic acids is 1. The molecule has 1 N–H and O–H groups in total. The molecule has 0 saturated carbocycles. The third kappa shape index (κ3) is 4.11. The molecule has 2 aromatic rings. The fraction of sp³-hybridized carbons (Fsp3) is 0.526. The van der Waals surface area contributed by atoms with Crippen molar-refractivity contribution in [2.75, 3.05) is 40.4 Å². The fourth-order valence-corrected chi connectivity index (χ4v) is 3.36. The number of aryl methyl sites for hydroxylation is 1. The fourth-order valence-electron chi connectivity index (χ4n) is 3.36. The highest BCUT2D eigenvalue weighted by Crippen LogP contribution is 2.20. The Kier molecular flexibility index (Phi) is 6.00. The number of aromatic nitrogens is 2. The zero-order valence-electron chi connectivity index (χ0n) is 15.4. The Labute approximate surface area is 153 Å². The third-order valence-electron chi connectivity index (χ3n) is 4.97. The summed E-state index contributed by atoms with van der Waals surface area (Å²) < 4.78 is 5.36. The smallest absolute Gasteiger partial charge is 0.235 e. The molecule has 0 bridgehead atoms. The molecule has 1 aromatic heterocycles. The summed E-state index contributed by atoms with van der Waals surface area (Å²) >= 11 is 0. The first kappa shape index (κ1) is 18.5. The molecular weight excluding hydrogens is 332 g/mol. The highest BCUT2D eigenvalue weighted by atomic mass is 16.5. The van der Waals surface area contributed by atoms with E-state index in [2.05, 4.69) is 14.9 Å². The second-order valence-corrected chi connectivity index (χ2v) is 6.65. The normalized spacial score (nSPS) is 18.3. The van der Waals surface area contributed by atoms with E-state index in [1.54, 1.807) is 7.11 Å². The van der Waals surface area contributed by atoms with Gasteiger partial charge in [-0.15, -0.1) is 0 Å². The number of rotatable bonds is 6. The molecule has 1 atom stereocenters. The first-order chi connectivity index (χ1) is 12.6. The Balaban J connectivity index is 1.66. The largest absolute Gasteiger partial charge is 0.480 e. The van der Waals surface area contributed by atoms with Crippen LogP contribution in [0.5, 0.6) is 5.88 Å². The number of piperazine rings is 1. The van der Waals surface area contributed by atoms with Crippen molar-refractivity contribution in [2.24, 2.45) is 0 Å². The van der Waals surface area contributed by atoms with E-state index < -0.39 is 0 Å². The SMILES string of the molecule is COc1nc2ccccc2nc1CCC(=O)N1CCN(C)[C@H](CCO)C1. The third-order valence-corrected chi connectivity index (χ3v) is 4.97. The summed E-state index contributed by atoms with van der Waals surface area (Å²) in [5, 5.41) is 9.20. The monoisotopic (exact) mass is 358 g/mol. The van der Waals surface area contributed by atoms with Gasteiger partial charge in [-0.25, -0.2) is 9.97 Å². The number of fused-ring (bicyclic) bond motifs is 1. The van der Waals surface area contributed by atoms with Crippen LogP contribution in [-0.2, 0) is 11.2 Å². The van der Waals surface area contributed by atoms with Crippen LogP contribution in [0.15, 0.2) is 24.3 Å². The van der Waals surface area contributed by atoms with Crippen molar-refractivity contribution in [3.8, 4) is 5.88 Å². The lowest BCUT2D eigenvalue weighted by Crippen LogP contribution is -2.53. The van der Waals surface area contributed by atoms with Gasteiger partial charge >= 0.3 is 0 Å². The van der Waals surface area contributed by atoms with Crippen molar-refractivity contribution in [3.63, 3.8) is 0 Å². The number of methoxy groups -OCH3 is 1. The average molecular weight is 358 g/mol. The molecular formula is C19H26N4O3. The minimum atomic E-state index is 0.109. The summed E-state index contributed by atoms with van der Waals surface area (Å²) in [6, 6.07) is 7.85. The van der Waals surface area contributed by atoms with Gasteiger partial charge in [0.05, 0.1) is 18.1 Å². The minimum absolute atomic E-state index is 0.109. The number of carbonyl (C=O) groups is 1. The average Bonchev–Trinajstić information content (AvgIpc) is 2.67. The van der Waals surface area contributed by atoms with Crippen LogP contribution in [0, 0.1) is 0 Å². The molecule has 1 aromatic carbocycles. The molecule has 1 aliphatic heterocycles. The number of nitrogens with zero attached hydrogens (tertiary/aromatic N) is 4. The lowest BCUT2D eigenvalue weighted by Gasteiger charge is -2.39. The van der Waals surface area contributed by atoms with Crippen LogP contribution in [0.1, 0.15) is 18.5 Å². The van der Waals surface area contributed by atoms with Gasteiger partial charge in [0.2, 0.25) is 11.8 Å². The summed E-state index contributed by atoms with van der Waals surface area (Å²) in [5.41, 5.74) is 2.30.